The Morgan fingerprint density at radius 1 is 1.20 bits per heavy atom. The Labute approximate surface area is 118 Å². The van der Waals surface area contributed by atoms with Crippen molar-refractivity contribution in [3.05, 3.63) is 29.3 Å². The molecule has 0 radical (unpaired) electrons. The Morgan fingerprint density at radius 2 is 1.75 bits per heavy atom. The summed E-state index contributed by atoms with van der Waals surface area (Å²) in [7, 11) is 2.07. The lowest BCUT2D eigenvalue weighted by atomic mass is 10.1. The summed E-state index contributed by atoms with van der Waals surface area (Å²) in [4.78, 5) is 24.9. The van der Waals surface area contributed by atoms with Gasteiger partial charge in [0.2, 0.25) is 11.8 Å². The van der Waals surface area contributed by atoms with Crippen molar-refractivity contribution in [3.63, 3.8) is 0 Å². The van der Waals surface area contributed by atoms with Crippen LogP contribution in [0.4, 0.5) is 5.69 Å². The standard InChI is InChI=1S/C14H20N4O2/c1-8-3-12(7-18(8)2)17-11-5-9(13(15)19)4-10(6-11)14(16)20/h4-6,8,12,17H,3,7H2,1-2H3,(H2,15,19)(H2,16,20). The molecule has 0 bridgehead atoms. The highest BCUT2D eigenvalue weighted by molar-refractivity contribution is 5.99. The van der Waals surface area contributed by atoms with Gasteiger partial charge in [0.1, 0.15) is 0 Å². The van der Waals surface area contributed by atoms with Gasteiger partial charge in [-0.3, -0.25) is 9.59 Å². The summed E-state index contributed by atoms with van der Waals surface area (Å²) in [6.45, 7) is 3.07. The highest BCUT2D eigenvalue weighted by Gasteiger charge is 2.26. The van der Waals surface area contributed by atoms with Crippen LogP contribution in [0.2, 0.25) is 0 Å². The molecule has 20 heavy (non-hydrogen) atoms. The average molecular weight is 276 g/mol. The number of hydrogen-bond donors (Lipinski definition) is 3. The molecule has 1 saturated heterocycles. The summed E-state index contributed by atoms with van der Waals surface area (Å²) in [5, 5.41) is 3.34. The van der Waals surface area contributed by atoms with Gasteiger partial charge in [-0.1, -0.05) is 0 Å². The van der Waals surface area contributed by atoms with Crippen LogP contribution in [-0.2, 0) is 0 Å². The van der Waals surface area contributed by atoms with E-state index in [1.807, 2.05) is 0 Å². The van der Waals surface area contributed by atoms with Crippen LogP contribution < -0.4 is 16.8 Å². The van der Waals surface area contributed by atoms with E-state index in [9.17, 15) is 9.59 Å². The van der Waals surface area contributed by atoms with E-state index in [1.54, 1.807) is 12.1 Å². The number of nitrogens with two attached hydrogens (primary N) is 2. The predicted octanol–water partition coefficient (Wildman–Crippen LogP) is 0.389. The zero-order chi connectivity index (χ0) is 14.9. The minimum absolute atomic E-state index is 0.277. The first kappa shape index (κ1) is 14.3. The normalized spacial score (nSPS) is 22.7. The van der Waals surface area contributed by atoms with Crippen LogP contribution >= 0.6 is 0 Å². The van der Waals surface area contributed by atoms with Gasteiger partial charge >= 0.3 is 0 Å². The molecule has 1 aromatic rings. The molecular formula is C14H20N4O2. The lowest BCUT2D eigenvalue weighted by Gasteiger charge is -2.15. The molecule has 1 aliphatic heterocycles. The summed E-state index contributed by atoms with van der Waals surface area (Å²) in [6, 6.07) is 5.50. The largest absolute Gasteiger partial charge is 0.381 e. The van der Waals surface area contributed by atoms with Gasteiger partial charge in [0, 0.05) is 35.4 Å². The van der Waals surface area contributed by atoms with Gasteiger partial charge < -0.3 is 21.7 Å². The molecule has 5 N–H and O–H groups in total. The third kappa shape index (κ3) is 3.08. The Hall–Kier alpha value is -2.08. The van der Waals surface area contributed by atoms with Crippen molar-refractivity contribution in [1.29, 1.82) is 0 Å². The van der Waals surface area contributed by atoms with Crippen molar-refractivity contribution in [2.45, 2.75) is 25.4 Å². The number of carbonyl (C=O) groups excluding carboxylic acids is 2. The number of rotatable bonds is 4. The van der Waals surface area contributed by atoms with Gasteiger partial charge in [0.25, 0.3) is 0 Å². The number of anilines is 1. The molecule has 2 amide bonds. The molecule has 1 aliphatic rings. The molecular weight excluding hydrogens is 256 g/mol. The Kier molecular flexibility index (Phi) is 3.94. The third-order valence-corrected chi connectivity index (χ3v) is 3.76. The van der Waals surface area contributed by atoms with Gasteiger partial charge in [-0.25, -0.2) is 0 Å². The molecule has 1 fully saturated rings. The van der Waals surface area contributed by atoms with Crippen LogP contribution in [-0.4, -0.2) is 42.4 Å². The molecule has 0 aromatic heterocycles. The van der Waals surface area contributed by atoms with Crippen LogP contribution in [0, 0.1) is 0 Å². The highest BCUT2D eigenvalue weighted by Crippen LogP contribution is 2.21. The quantitative estimate of drug-likeness (QED) is 0.740. The van der Waals surface area contributed by atoms with Crippen LogP contribution in [0.1, 0.15) is 34.1 Å². The van der Waals surface area contributed by atoms with E-state index in [-0.39, 0.29) is 17.2 Å². The van der Waals surface area contributed by atoms with E-state index < -0.39 is 11.8 Å². The summed E-state index contributed by atoms with van der Waals surface area (Å²) in [5.41, 5.74) is 11.8. The van der Waals surface area contributed by atoms with Gasteiger partial charge in [0.15, 0.2) is 0 Å². The second-order valence-corrected chi connectivity index (χ2v) is 5.39. The summed E-state index contributed by atoms with van der Waals surface area (Å²) >= 11 is 0. The maximum Gasteiger partial charge on any atom is 0.248 e. The van der Waals surface area contributed by atoms with Crippen molar-refractivity contribution in [2.24, 2.45) is 11.5 Å². The monoisotopic (exact) mass is 276 g/mol. The second kappa shape index (κ2) is 5.50. The first-order valence-corrected chi connectivity index (χ1v) is 6.58. The lowest BCUT2D eigenvalue weighted by molar-refractivity contribution is 0.0999. The van der Waals surface area contributed by atoms with Crippen molar-refractivity contribution in [1.82, 2.24) is 4.90 Å². The number of likely N-dealkylation sites (N-methyl/N-ethyl adjacent to an activating group) is 1. The van der Waals surface area contributed by atoms with E-state index in [1.165, 1.54) is 6.07 Å². The minimum atomic E-state index is -0.576. The molecule has 2 unspecified atom stereocenters. The summed E-state index contributed by atoms with van der Waals surface area (Å²) in [6.07, 6.45) is 1.00. The van der Waals surface area contributed by atoms with Crippen molar-refractivity contribution < 1.29 is 9.59 Å². The number of primary amides is 2. The Morgan fingerprint density at radius 3 is 2.15 bits per heavy atom. The number of hydrogen-bond acceptors (Lipinski definition) is 4. The zero-order valence-corrected chi connectivity index (χ0v) is 11.7. The second-order valence-electron chi connectivity index (χ2n) is 5.39. The molecule has 1 aromatic carbocycles. The smallest absolute Gasteiger partial charge is 0.248 e. The maximum absolute atomic E-state index is 11.3. The van der Waals surface area contributed by atoms with E-state index in [0.29, 0.717) is 11.7 Å². The third-order valence-electron chi connectivity index (χ3n) is 3.76. The fourth-order valence-corrected chi connectivity index (χ4v) is 2.53. The molecule has 108 valence electrons. The van der Waals surface area contributed by atoms with E-state index in [0.717, 1.165) is 13.0 Å². The van der Waals surface area contributed by atoms with Gasteiger partial charge in [-0.2, -0.15) is 0 Å². The van der Waals surface area contributed by atoms with E-state index in [2.05, 4.69) is 24.2 Å². The predicted molar refractivity (Wildman–Crippen MR) is 77.6 cm³/mol. The topological polar surface area (TPSA) is 101 Å². The number of amides is 2. The molecule has 0 saturated carbocycles. The molecule has 0 aliphatic carbocycles. The zero-order valence-electron chi connectivity index (χ0n) is 11.7. The van der Waals surface area contributed by atoms with Crippen LogP contribution in [0.3, 0.4) is 0 Å². The molecule has 2 rings (SSSR count). The van der Waals surface area contributed by atoms with E-state index >= 15 is 0 Å². The number of carbonyl (C=O) groups is 2. The first-order valence-electron chi connectivity index (χ1n) is 6.58. The van der Waals surface area contributed by atoms with Gasteiger partial charge in [-0.05, 0) is 38.6 Å². The van der Waals surface area contributed by atoms with Gasteiger partial charge in [0.05, 0.1) is 0 Å². The Bertz CT molecular complexity index is 502. The van der Waals surface area contributed by atoms with Crippen LogP contribution in [0.25, 0.3) is 0 Å². The molecule has 6 heteroatoms. The average Bonchev–Trinajstić information content (AvgIpc) is 2.67. The highest BCUT2D eigenvalue weighted by atomic mass is 16.1. The van der Waals surface area contributed by atoms with Crippen molar-refractivity contribution >= 4 is 17.5 Å². The maximum atomic E-state index is 11.3. The molecule has 0 spiro atoms. The number of benzene rings is 1. The Balaban J connectivity index is 2.23. The number of likely N-dealkylation sites (tertiary alicyclic amines) is 1. The number of nitrogens with zero attached hydrogens (tertiary/aromatic N) is 1. The minimum Gasteiger partial charge on any atom is -0.381 e. The SMILES string of the molecule is CC1CC(Nc2cc(C(N)=O)cc(C(N)=O)c2)CN1C. The van der Waals surface area contributed by atoms with E-state index in [4.69, 9.17) is 11.5 Å². The molecule has 1 heterocycles. The summed E-state index contributed by atoms with van der Waals surface area (Å²) in [5.74, 6) is -1.15. The fraction of sp³-hybridized carbons (Fsp3) is 0.429. The molecule has 2 atom stereocenters. The number of nitrogens with one attached hydrogen (secondary N) is 1. The summed E-state index contributed by atoms with van der Waals surface area (Å²) < 4.78 is 0. The van der Waals surface area contributed by atoms with Crippen molar-refractivity contribution in [2.75, 3.05) is 18.9 Å². The van der Waals surface area contributed by atoms with Gasteiger partial charge in [-0.15, -0.1) is 0 Å². The lowest BCUT2D eigenvalue weighted by Crippen LogP contribution is -2.25. The fourth-order valence-electron chi connectivity index (χ4n) is 2.53. The van der Waals surface area contributed by atoms with Crippen LogP contribution in [0.15, 0.2) is 18.2 Å². The van der Waals surface area contributed by atoms with Crippen molar-refractivity contribution in [3.8, 4) is 0 Å². The molecule has 6 nitrogen and oxygen atoms in total. The first-order chi connectivity index (χ1) is 9.36. The van der Waals surface area contributed by atoms with Crippen LogP contribution in [0.5, 0.6) is 0 Å².